The normalized spacial score (nSPS) is 13.8. The van der Waals surface area contributed by atoms with Crippen LogP contribution in [0.15, 0.2) is 82.1 Å². The third-order valence-electron chi connectivity index (χ3n) is 5.04. The quantitative estimate of drug-likeness (QED) is 0.457. The Bertz CT molecular complexity index is 1360. The maximum Gasteiger partial charge on any atom is 0.261 e. The van der Waals surface area contributed by atoms with Crippen molar-refractivity contribution in [3.8, 4) is 0 Å². The number of anilines is 2. The van der Waals surface area contributed by atoms with Gasteiger partial charge in [0.05, 0.1) is 4.90 Å². The summed E-state index contributed by atoms with van der Waals surface area (Å²) in [6.45, 7) is 0. The molecule has 1 fully saturated rings. The lowest BCUT2D eigenvalue weighted by atomic mass is 10.2. The van der Waals surface area contributed by atoms with E-state index < -0.39 is 10.0 Å². The smallest absolute Gasteiger partial charge is 0.261 e. The molecule has 1 aromatic heterocycles. The Labute approximate surface area is 179 Å². The lowest BCUT2D eigenvalue weighted by Crippen LogP contribution is -2.14. The van der Waals surface area contributed by atoms with Gasteiger partial charge in [-0.1, -0.05) is 18.2 Å². The van der Waals surface area contributed by atoms with Gasteiger partial charge in [-0.15, -0.1) is 0 Å². The maximum absolute atomic E-state index is 12.6. The van der Waals surface area contributed by atoms with E-state index in [1.165, 1.54) is 12.1 Å². The number of fused-ring (bicyclic) bond motifs is 1. The highest BCUT2D eigenvalue weighted by atomic mass is 32.2. The minimum absolute atomic E-state index is 0.171. The molecule has 1 saturated carbocycles. The summed E-state index contributed by atoms with van der Waals surface area (Å²) in [5.74, 6) is 0.873. The monoisotopic (exact) mass is 433 g/mol. The molecule has 1 aliphatic carbocycles. The first-order valence-corrected chi connectivity index (χ1v) is 11.4. The summed E-state index contributed by atoms with van der Waals surface area (Å²) in [6, 6.07) is 19.7. The van der Waals surface area contributed by atoms with Crippen LogP contribution in [-0.4, -0.2) is 19.3 Å². The topological polar surface area (TPSA) is 101 Å². The Morgan fingerprint density at radius 3 is 2.35 bits per heavy atom. The van der Waals surface area contributed by atoms with Gasteiger partial charge in [0.25, 0.3) is 15.9 Å². The molecule has 0 radical (unpaired) electrons. The lowest BCUT2D eigenvalue weighted by molar-refractivity contribution is 0.102. The van der Waals surface area contributed by atoms with Crippen LogP contribution in [0.3, 0.4) is 0 Å². The van der Waals surface area contributed by atoms with Gasteiger partial charge in [0.1, 0.15) is 5.52 Å². The second-order valence-corrected chi connectivity index (χ2v) is 9.14. The average Bonchev–Trinajstić information content (AvgIpc) is 3.54. The highest BCUT2D eigenvalue weighted by Gasteiger charge is 2.28. The number of hydrogen-bond acceptors (Lipinski definition) is 5. The fourth-order valence-corrected chi connectivity index (χ4v) is 4.31. The number of amides is 1. The molecule has 1 amide bonds. The summed E-state index contributed by atoms with van der Waals surface area (Å²) in [7, 11) is -3.68. The molecule has 7 nitrogen and oxygen atoms in total. The molecule has 0 saturated heterocycles. The first kappa shape index (κ1) is 19.3. The highest BCUT2D eigenvalue weighted by molar-refractivity contribution is 7.92. The Morgan fingerprint density at radius 2 is 1.65 bits per heavy atom. The predicted molar refractivity (Wildman–Crippen MR) is 118 cm³/mol. The summed E-state index contributed by atoms with van der Waals surface area (Å²) in [5.41, 5.74) is 2.81. The first-order valence-electron chi connectivity index (χ1n) is 9.88. The van der Waals surface area contributed by atoms with Gasteiger partial charge >= 0.3 is 0 Å². The van der Waals surface area contributed by atoms with Crippen molar-refractivity contribution in [2.75, 3.05) is 10.0 Å². The second kappa shape index (κ2) is 7.55. The highest BCUT2D eigenvalue weighted by Crippen LogP contribution is 2.40. The molecule has 0 unspecified atom stereocenters. The number of carbonyl (C=O) groups is 1. The Hall–Kier alpha value is -3.65. The Kier molecular flexibility index (Phi) is 4.71. The molecule has 2 N–H and O–H groups in total. The van der Waals surface area contributed by atoms with Gasteiger partial charge in [-0.05, 0) is 67.4 Å². The average molecular weight is 433 g/mol. The van der Waals surface area contributed by atoms with Crippen molar-refractivity contribution in [3.63, 3.8) is 0 Å². The molecule has 0 aliphatic heterocycles. The third kappa shape index (κ3) is 4.15. The van der Waals surface area contributed by atoms with E-state index in [0.29, 0.717) is 34.0 Å². The van der Waals surface area contributed by atoms with Crippen molar-refractivity contribution in [1.29, 1.82) is 0 Å². The van der Waals surface area contributed by atoms with Gasteiger partial charge in [0.15, 0.2) is 11.5 Å². The van der Waals surface area contributed by atoms with Gasteiger partial charge in [0, 0.05) is 22.9 Å². The van der Waals surface area contributed by atoms with E-state index in [4.69, 9.17) is 4.42 Å². The van der Waals surface area contributed by atoms with Crippen LogP contribution in [0, 0.1) is 0 Å². The molecule has 1 aliphatic rings. The fourth-order valence-electron chi connectivity index (χ4n) is 3.23. The molecule has 5 rings (SSSR count). The van der Waals surface area contributed by atoms with E-state index in [-0.39, 0.29) is 10.8 Å². The van der Waals surface area contributed by atoms with Crippen molar-refractivity contribution in [3.05, 3.63) is 84.3 Å². The minimum Gasteiger partial charge on any atom is -0.440 e. The number of aromatic nitrogens is 1. The summed E-state index contributed by atoms with van der Waals surface area (Å²) in [5, 5.41) is 2.84. The zero-order valence-electron chi connectivity index (χ0n) is 16.4. The van der Waals surface area contributed by atoms with Crippen molar-refractivity contribution in [2.45, 2.75) is 23.7 Å². The van der Waals surface area contributed by atoms with E-state index in [1.54, 1.807) is 60.7 Å². The van der Waals surface area contributed by atoms with Crippen LogP contribution in [0.4, 0.5) is 11.4 Å². The van der Waals surface area contributed by atoms with Crippen LogP contribution >= 0.6 is 0 Å². The Morgan fingerprint density at radius 1 is 0.935 bits per heavy atom. The third-order valence-corrected chi connectivity index (χ3v) is 6.44. The fraction of sp³-hybridized carbons (Fsp3) is 0.130. The van der Waals surface area contributed by atoms with Crippen LogP contribution in [0.2, 0.25) is 0 Å². The van der Waals surface area contributed by atoms with Crippen molar-refractivity contribution < 1.29 is 17.6 Å². The second-order valence-electron chi connectivity index (χ2n) is 7.46. The molecule has 1 heterocycles. The summed E-state index contributed by atoms with van der Waals surface area (Å²) >= 11 is 0. The molecule has 0 bridgehead atoms. The number of nitrogens with one attached hydrogen (secondary N) is 2. The van der Waals surface area contributed by atoms with Crippen LogP contribution in [0.1, 0.15) is 35.0 Å². The number of benzene rings is 3. The largest absolute Gasteiger partial charge is 0.440 e. The molecule has 156 valence electrons. The number of oxazole rings is 1. The molecule has 4 aromatic rings. The van der Waals surface area contributed by atoms with Crippen molar-refractivity contribution in [2.24, 2.45) is 0 Å². The number of rotatable bonds is 6. The van der Waals surface area contributed by atoms with E-state index in [0.717, 1.165) is 18.7 Å². The van der Waals surface area contributed by atoms with E-state index in [2.05, 4.69) is 15.0 Å². The number of carbonyl (C=O) groups excluding carboxylic acids is 1. The van der Waals surface area contributed by atoms with E-state index >= 15 is 0 Å². The number of hydrogen-bond donors (Lipinski definition) is 2. The van der Waals surface area contributed by atoms with Gasteiger partial charge in [-0.25, -0.2) is 13.4 Å². The molecule has 31 heavy (non-hydrogen) atoms. The van der Waals surface area contributed by atoms with Crippen LogP contribution in [-0.2, 0) is 10.0 Å². The zero-order valence-corrected chi connectivity index (χ0v) is 17.2. The summed E-state index contributed by atoms with van der Waals surface area (Å²) in [4.78, 5) is 17.3. The molecule has 3 aromatic carbocycles. The summed E-state index contributed by atoms with van der Waals surface area (Å²) < 4.78 is 33.1. The van der Waals surface area contributed by atoms with E-state index in [9.17, 15) is 13.2 Å². The van der Waals surface area contributed by atoms with Gasteiger partial charge in [0.2, 0.25) is 0 Å². The Balaban J connectivity index is 1.28. The minimum atomic E-state index is -3.68. The van der Waals surface area contributed by atoms with Gasteiger partial charge in [-0.3, -0.25) is 9.52 Å². The van der Waals surface area contributed by atoms with Crippen molar-refractivity contribution >= 4 is 38.4 Å². The zero-order chi connectivity index (χ0) is 21.4. The van der Waals surface area contributed by atoms with E-state index in [1.807, 2.05) is 0 Å². The van der Waals surface area contributed by atoms with Gasteiger partial charge in [-0.2, -0.15) is 0 Å². The van der Waals surface area contributed by atoms with Crippen molar-refractivity contribution in [1.82, 2.24) is 4.98 Å². The van der Waals surface area contributed by atoms with Crippen LogP contribution in [0.25, 0.3) is 11.1 Å². The maximum atomic E-state index is 12.6. The summed E-state index contributed by atoms with van der Waals surface area (Å²) in [6.07, 6.45) is 2.21. The van der Waals surface area contributed by atoms with Gasteiger partial charge < -0.3 is 9.73 Å². The predicted octanol–water partition coefficient (Wildman–Crippen LogP) is 4.76. The molecule has 0 atom stereocenters. The number of sulfonamides is 1. The van der Waals surface area contributed by atoms with Crippen LogP contribution < -0.4 is 10.0 Å². The molecule has 0 spiro atoms. The first-order chi connectivity index (χ1) is 15.0. The molecular formula is C23H19N3O4S. The SMILES string of the molecule is O=C(Nc1ccc2oc(C3CC3)nc2c1)c1ccc(NS(=O)(=O)c2ccccc2)cc1. The molecule has 8 heteroatoms. The van der Waals surface area contributed by atoms with Crippen LogP contribution in [0.5, 0.6) is 0 Å². The standard InChI is InChI=1S/C23H19N3O4S/c27-22(24-18-12-13-21-20(14-18)25-23(30-21)16-6-7-16)15-8-10-17(11-9-15)26-31(28,29)19-4-2-1-3-5-19/h1-5,8-14,16,26H,6-7H2,(H,24,27). The lowest BCUT2D eigenvalue weighted by Gasteiger charge is -2.09. The molecular weight excluding hydrogens is 414 g/mol. The number of nitrogens with zero attached hydrogens (tertiary/aromatic N) is 1.